The zero-order chi connectivity index (χ0) is 20.4. The van der Waals surface area contributed by atoms with Crippen LogP contribution in [0.15, 0.2) is 36.7 Å². The quantitative estimate of drug-likeness (QED) is 0.522. The van der Waals surface area contributed by atoms with Gasteiger partial charge in [-0.3, -0.25) is 4.79 Å². The molecule has 9 heteroatoms. The molecule has 0 spiro atoms. The van der Waals surface area contributed by atoms with Crippen molar-refractivity contribution in [2.24, 2.45) is 11.5 Å². The van der Waals surface area contributed by atoms with Crippen molar-refractivity contribution in [2.75, 3.05) is 10.6 Å². The summed E-state index contributed by atoms with van der Waals surface area (Å²) in [7, 11) is 0. The van der Waals surface area contributed by atoms with Gasteiger partial charge >= 0.3 is 0 Å². The van der Waals surface area contributed by atoms with Crippen LogP contribution in [0.4, 0.5) is 21.7 Å². The van der Waals surface area contributed by atoms with Gasteiger partial charge in [0.25, 0.3) is 5.91 Å². The van der Waals surface area contributed by atoms with Gasteiger partial charge in [0.2, 0.25) is 0 Å². The average Bonchev–Trinajstić information content (AvgIpc) is 2.72. The molecule has 4 rings (SSSR count). The largest absolute Gasteiger partial charge is 0.365 e. The Morgan fingerprint density at radius 1 is 1.14 bits per heavy atom. The van der Waals surface area contributed by atoms with E-state index >= 15 is 0 Å². The zero-order valence-electron chi connectivity index (χ0n) is 15.7. The van der Waals surface area contributed by atoms with Crippen LogP contribution < -0.4 is 22.1 Å². The Balaban J connectivity index is 1.72. The maximum Gasteiger partial charge on any atom is 0.252 e. The van der Waals surface area contributed by atoms with E-state index in [-0.39, 0.29) is 29.3 Å². The number of anilines is 3. The minimum absolute atomic E-state index is 0.0383. The SMILES string of the molecule is NC(=O)c1cc(F)c(N[C@@H]2CCCC[C@@H]2N)nc1Nc1ccnc2ncccc12. The highest BCUT2D eigenvalue weighted by molar-refractivity contribution is 6.00. The van der Waals surface area contributed by atoms with Gasteiger partial charge in [-0.15, -0.1) is 0 Å². The molecule has 1 fully saturated rings. The summed E-state index contributed by atoms with van der Waals surface area (Å²) < 4.78 is 14.6. The number of halogens is 1. The van der Waals surface area contributed by atoms with Crippen LogP contribution in [-0.2, 0) is 0 Å². The van der Waals surface area contributed by atoms with Crippen molar-refractivity contribution < 1.29 is 9.18 Å². The number of pyridine rings is 3. The second-order valence-electron chi connectivity index (χ2n) is 7.14. The lowest BCUT2D eigenvalue weighted by molar-refractivity contribution is 0.100. The number of primary amides is 1. The third kappa shape index (κ3) is 3.95. The molecule has 0 aromatic carbocycles. The lowest BCUT2D eigenvalue weighted by Crippen LogP contribution is -2.43. The van der Waals surface area contributed by atoms with E-state index < -0.39 is 11.7 Å². The van der Waals surface area contributed by atoms with Crippen LogP contribution in [-0.4, -0.2) is 32.9 Å². The van der Waals surface area contributed by atoms with Crippen molar-refractivity contribution in [1.82, 2.24) is 15.0 Å². The lowest BCUT2D eigenvalue weighted by Gasteiger charge is -2.30. The number of carbonyl (C=O) groups excluding carboxylic acids is 1. The smallest absolute Gasteiger partial charge is 0.252 e. The Labute approximate surface area is 166 Å². The minimum atomic E-state index is -0.781. The zero-order valence-corrected chi connectivity index (χ0v) is 15.7. The van der Waals surface area contributed by atoms with Gasteiger partial charge in [-0.2, -0.15) is 0 Å². The fraction of sp³-hybridized carbons (Fsp3) is 0.300. The molecule has 2 atom stereocenters. The van der Waals surface area contributed by atoms with Crippen LogP contribution in [0.1, 0.15) is 36.0 Å². The molecule has 0 saturated heterocycles. The fourth-order valence-corrected chi connectivity index (χ4v) is 3.61. The van der Waals surface area contributed by atoms with Crippen molar-refractivity contribution in [2.45, 2.75) is 37.8 Å². The first-order chi connectivity index (χ1) is 14.0. The topological polar surface area (TPSA) is 132 Å². The molecule has 1 amide bonds. The second-order valence-corrected chi connectivity index (χ2v) is 7.14. The van der Waals surface area contributed by atoms with Crippen LogP contribution in [0, 0.1) is 5.82 Å². The van der Waals surface area contributed by atoms with Gasteiger partial charge in [-0.1, -0.05) is 12.8 Å². The Kier molecular flexibility index (Phi) is 5.22. The first-order valence-corrected chi connectivity index (χ1v) is 9.52. The molecule has 1 aliphatic rings. The first-order valence-electron chi connectivity index (χ1n) is 9.52. The Bertz CT molecular complexity index is 1050. The molecular weight excluding hydrogens is 373 g/mol. The highest BCUT2D eigenvalue weighted by Gasteiger charge is 2.24. The van der Waals surface area contributed by atoms with Crippen molar-refractivity contribution in [1.29, 1.82) is 0 Å². The summed E-state index contributed by atoms with van der Waals surface area (Å²) in [5.41, 5.74) is 12.7. The maximum atomic E-state index is 14.6. The normalized spacial score (nSPS) is 19.1. The number of hydrogen-bond donors (Lipinski definition) is 4. The van der Waals surface area contributed by atoms with E-state index in [4.69, 9.17) is 11.5 Å². The highest BCUT2D eigenvalue weighted by Crippen LogP contribution is 2.28. The summed E-state index contributed by atoms with van der Waals surface area (Å²) >= 11 is 0. The molecule has 1 saturated carbocycles. The van der Waals surface area contributed by atoms with Gasteiger partial charge in [0.15, 0.2) is 17.3 Å². The Morgan fingerprint density at radius 3 is 2.72 bits per heavy atom. The van der Waals surface area contributed by atoms with Crippen molar-refractivity contribution in [3.05, 3.63) is 48.0 Å². The second kappa shape index (κ2) is 7.96. The molecule has 8 nitrogen and oxygen atoms in total. The average molecular weight is 395 g/mol. The Hall–Kier alpha value is -3.33. The molecule has 0 unspecified atom stereocenters. The lowest BCUT2D eigenvalue weighted by atomic mass is 9.91. The fourth-order valence-electron chi connectivity index (χ4n) is 3.61. The highest BCUT2D eigenvalue weighted by atomic mass is 19.1. The van der Waals surface area contributed by atoms with E-state index in [0.29, 0.717) is 11.3 Å². The van der Waals surface area contributed by atoms with Gasteiger partial charge in [0.05, 0.1) is 11.3 Å². The summed E-state index contributed by atoms with van der Waals surface area (Å²) in [6.45, 7) is 0. The number of carbonyl (C=O) groups is 1. The number of amides is 1. The van der Waals surface area contributed by atoms with Crippen LogP contribution in [0.2, 0.25) is 0 Å². The van der Waals surface area contributed by atoms with E-state index in [9.17, 15) is 9.18 Å². The summed E-state index contributed by atoms with van der Waals surface area (Å²) in [6.07, 6.45) is 7.02. The van der Waals surface area contributed by atoms with E-state index in [2.05, 4.69) is 25.6 Å². The molecule has 0 radical (unpaired) electrons. The predicted octanol–water partition coefficient (Wildman–Crippen LogP) is 2.69. The van der Waals surface area contributed by atoms with Gasteiger partial charge in [-0.25, -0.2) is 19.3 Å². The van der Waals surface area contributed by atoms with Crippen LogP contribution in [0.5, 0.6) is 0 Å². The molecule has 0 aliphatic heterocycles. The third-order valence-corrected chi connectivity index (χ3v) is 5.15. The molecule has 29 heavy (non-hydrogen) atoms. The molecule has 1 aliphatic carbocycles. The van der Waals surface area contributed by atoms with Crippen LogP contribution >= 0.6 is 0 Å². The summed E-state index contributed by atoms with van der Waals surface area (Å²) in [5, 5.41) is 6.92. The van der Waals surface area contributed by atoms with E-state index in [1.54, 1.807) is 24.5 Å². The number of nitrogens with two attached hydrogens (primary N) is 2. The Morgan fingerprint density at radius 2 is 1.93 bits per heavy atom. The van der Waals surface area contributed by atoms with E-state index in [1.807, 2.05) is 6.07 Å². The van der Waals surface area contributed by atoms with Crippen molar-refractivity contribution in [3.63, 3.8) is 0 Å². The molecule has 3 aromatic heterocycles. The predicted molar refractivity (Wildman–Crippen MR) is 109 cm³/mol. The van der Waals surface area contributed by atoms with E-state index in [0.717, 1.165) is 37.1 Å². The third-order valence-electron chi connectivity index (χ3n) is 5.15. The molecule has 3 aromatic rings. The minimum Gasteiger partial charge on any atom is -0.365 e. The molecule has 6 N–H and O–H groups in total. The monoisotopic (exact) mass is 395 g/mol. The standard InChI is InChI=1S/C20H22FN7O/c21-13-10-12(17(23)29)19(28-20(13)27-16-6-2-1-5-14(16)22)26-15-7-9-25-18-11(15)4-3-8-24-18/h3-4,7-10,14,16H,1-2,5-6,22H2,(H2,23,29)(H2,24,25,26,27,28)/t14-,16+/m0/s1. The number of fused-ring (bicyclic) bond motifs is 1. The van der Waals surface area contributed by atoms with Crippen molar-refractivity contribution >= 4 is 34.3 Å². The van der Waals surface area contributed by atoms with E-state index in [1.165, 1.54) is 0 Å². The summed E-state index contributed by atoms with van der Waals surface area (Å²) in [4.78, 5) is 24.6. The number of rotatable bonds is 5. The molecule has 150 valence electrons. The molecule has 3 heterocycles. The van der Waals surface area contributed by atoms with Crippen molar-refractivity contribution in [3.8, 4) is 0 Å². The van der Waals surface area contributed by atoms with Crippen LogP contribution in [0.3, 0.4) is 0 Å². The molecular formula is C20H22FN7O. The number of nitrogens with one attached hydrogen (secondary N) is 2. The maximum absolute atomic E-state index is 14.6. The summed E-state index contributed by atoms with van der Waals surface area (Å²) in [6, 6.07) is 6.28. The number of hydrogen-bond acceptors (Lipinski definition) is 7. The number of aromatic nitrogens is 3. The number of nitrogens with zero attached hydrogens (tertiary/aromatic N) is 3. The van der Waals surface area contributed by atoms with Gasteiger partial charge in [0, 0.05) is 29.9 Å². The van der Waals surface area contributed by atoms with Gasteiger partial charge in [0.1, 0.15) is 5.82 Å². The van der Waals surface area contributed by atoms with Gasteiger partial charge in [-0.05, 0) is 37.1 Å². The summed E-state index contributed by atoms with van der Waals surface area (Å²) in [5.74, 6) is -1.24. The van der Waals surface area contributed by atoms with Gasteiger partial charge < -0.3 is 22.1 Å². The van der Waals surface area contributed by atoms with Crippen LogP contribution in [0.25, 0.3) is 11.0 Å². The molecule has 0 bridgehead atoms. The first kappa shape index (κ1) is 19.0.